The van der Waals surface area contributed by atoms with Gasteiger partial charge in [0.05, 0.1) is 0 Å². The number of anilines is 2. The number of amides is 1. The summed E-state index contributed by atoms with van der Waals surface area (Å²) in [7, 11) is 0. The number of carbonyl (C=O) groups is 1. The molecule has 0 aliphatic carbocycles. The van der Waals surface area contributed by atoms with Crippen LogP contribution in [0.5, 0.6) is 0 Å². The molecule has 0 radical (unpaired) electrons. The lowest BCUT2D eigenvalue weighted by molar-refractivity contribution is 0.102. The van der Waals surface area contributed by atoms with Gasteiger partial charge in [0.2, 0.25) is 0 Å². The van der Waals surface area contributed by atoms with Crippen molar-refractivity contribution in [3.05, 3.63) is 47.4 Å². The average molecular weight is 320 g/mol. The molecule has 0 aliphatic heterocycles. The van der Waals surface area contributed by atoms with Crippen molar-refractivity contribution in [3.8, 4) is 0 Å². The summed E-state index contributed by atoms with van der Waals surface area (Å²) in [6.07, 6.45) is 0. The summed E-state index contributed by atoms with van der Waals surface area (Å²) in [6, 6.07) is 4.89. The molecule has 1 N–H and O–H groups in total. The Hall–Kier alpha value is -2.57. The number of rotatable bonds is 5. The number of hydrogen-bond acceptors (Lipinski definition) is 4. The number of aryl methyl sites for hydroxylation is 1. The summed E-state index contributed by atoms with van der Waals surface area (Å²) in [6.45, 7) is 7.03. The zero-order valence-electron chi connectivity index (χ0n) is 13.2. The number of halogens is 2. The van der Waals surface area contributed by atoms with Crippen LogP contribution in [-0.4, -0.2) is 29.0 Å². The quantitative estimate of drug-likeness (QED) is 0.919. The lowest BCUT2D eigenvalue weighted by Crippen LogP contribution is -2.25. The van der Waals surface area contributed by atoms with Gasteiger partial charge in [0.15, 0.2) is 0 Å². The molecule has 1 aromatic heterocycles. The lowest BCUT2D eigenvalue weighted by Gasteiger charge is -2.20. The molecule has 0 atom stereocenters. The maximum absolute atomic E-state index is 13.6. The molecule has 0 spiro atoms. The normalized spacial score (nSPS) is 10.5. The van der Waals surface area contributed by atoms with Crippen molar-refractivity contribution >= 4 is 17.4 Å². The third-order valence-corrected chi connectivity index (χ3v) is 3.35. The third-order valence-electron chi connectivity index (χ3n) is 3.35. The first-order chi connectivity index (χ1) is 11.0. The number of carbonyl (C=O) groups excluding carboxylic acids is 1. The van der Waals surface area contributed by atoms with Gasteiger partial charge >= 0.3 is 0 Å². The Morgan fingerprint density at radius 1 is 1.17 bits per heavy atom. The van der Waals surface area contributed by atoms with Crippen LogP contribution in [0.3, 0.4) is 0 Å². The molecule has 0 bridgehead atoms. The Morgan fingerprint density at radius 2 is 1.78 bits per heavy atom. The highest BCUT2D eigenvalue weighted by atomic mass is 19.1. The standard InChI is InChI=1S/C16H18F2N4O/c1-4-22(5-2)14-9-13(19-10(3)20-14)16(23)21-15-11(17)7-6-8-12(15)18/h6-9H,4-5H2,1-3H3,(H,21,23). The Morgan fingerprint density at radius 3 is 2.35 bits per heavy atom. The largest absolute Gasteiger partial charge is 0.357 e. The number of benzene rings is 1. The summed E-state index contributed by atoms with van der Waals surface area (Å²) in [5, 5.41) is 2.23. The maximum atomic E-state index is 13.6. The Bertz CT molecular complexity index is 697. The van der Waals surface area contributed by atoms with Gasteiger partial charge in [0.1, 0.15) is 34.7 Å². The summed E-state index contributed by atoms with van der Waals surface area (Å²) >= 11 is 0. The van der Waals surface area contributed by atoms with E-state index in [1.54, 1.807) is 6.92 Å². The molecular weight excluding hydrogens is 302 g/mol. The third kappa shape index (κ3) is 3.80. The van der Waals surface area contributed by atoms with Gasteiger partial charge in [-0.2, -0.15) is 0 Å². The molecule has 5 nitrogen and oxygen atoms in total. The van der Waals surface area contributed by atoms with Gasteiger partial charge in [-0.3, -0.25) is 4.79 Å². The van der Waals surface area contributed by atoms with E-state index in [0.29, 0.717) is 11.6 Å². The van der Waals surface area contributed by atoms with Gasteiger partial charge < -0.3 is 10.2 Å². The van der Waals surface area contributed by atoms with Crippen molar-refractivity contribution in [2.45, 2.75) is 20.8 Å². The Kier molecular flexibility index (Phi) is 5.20. The fraction of sp³-hybridized carbons (Fsp3) is 0.312. The van der Waals surface area contributed by atoms with Crippen molar-refractivity contribution in [1.29, 1.82) is 0 Å². The molecule has 0 saturated carbocycles. The van der Waals surface area contributed by atoms with Crippen LogP contribution in [0.25, 0.3) is 0 Å². The first kappa shape index (κ1) is 16.8. The van der Waals surface area contributed by atoms with Gasteiger partial charge in [0.25, 0.3) is 5.91 Å². The second-order valence-electron chi connectivity index (χ2n) is 4.88. The summed E-state index contributed by atoms with van der Waals surface area (Å²) in [5.41, 5.74) is -0.430. The molecular formula is C16H18F2N4O. The molecule has 2 rings (SSSR count). The minimum absolute atomic E-state index is 0.0575. The van der Waals surface area contributed by atoms with Crippen LogP contribution in [0, 0.1) is 18.6 Å². The van der Waals surface area contributed by atoms with Gasteiger partial charge in [-0.25, -0.2) is 18.7 Å². The van der Waals surface area contributed by atoms with E-state index in [-0.39, 0.29) is 5.69 Å². The van der Waals surface area contributed by atoms with Crippen LogP contribution in [-0.2, 0) is 0 Å². The van der Waals surface area contributed by atoms with E-state index in [4.69, 9.17) is 0 Å². The topological polar surface area (TPSA) is 58.1 Å². The predicted octanol–water partition coefficient (Wildman–Crippen LogP) is 3.16. The highest BCUT2D eigenvalue weighted by molar-refractivity contribution is 6.03. The van der Waals surface area contributed by atoms with E-state index >= 15 is 0 Å². The number of para-hydroxylation sites is 1. The minimum atomic E-state index is -0.840. The smallest absolute Gasteiger partial charge is 0.274 e. The molecule has 1 amide bonds. The average Bonchev–Trinajstić information content (AvgIpc) is 2.51. The predicted molar refractivity (Wildman–Crippen MR) is 84.6 cm³/mol. The van der Waals surface area contributed by atoms with E-state index in [9.17, 15) is 13.6 Å². The second kappa shape index (κ2) is 7.13. The van der Waals surface area contributed by atoms with Crippen LogP contribution in [0.15, 0.2) is 24.3 Å². The zero-order valence-corrected chi connectivity index (χ0v) is 13.2. The first-order valence-electron chi connectivity index (χ1n) is 7.32. The molecule has 0 aliphatic rings. The van der Waals surface area contributed by atoms with Crippen molar-refractivity contribution in [2.75, 3.05) is 23.3 Å². The van der Waals surface area contributed by atoms with Crippen molar-refractivity contribution in [2.24, 2.45) is 0 Å². The van der Waals surface area contributed by atoms with Crippen LogP contribution < -0.4 is 10.2 Å². The molecule has 0 fully saturated rings. The lowest BCUT2D eigenvalue weighted by atomic mass is 10.2. The van der Waals surface area contributed by atoms with E-state index in [0.717, 1.165) is 25.2 Å². The number of nitrogens with zero attached hydrogens (tertiary/aromatic N) is 3. The van der Waals surface area contributed by atoms with E-state index in [2.05, 4.69) is 15.3 Å². The van der Waals surface area contributed by atoms with Crippen LogP contribution >= 0.6 is 0 Å². The van der Waals surface area contributed by atoms with Gasteiger partial charge in [0, 0.05) is 19.2 Å². The SMILES string of the molecule is CCN(CC)c1cc(C(=O)Nc2c(F)cccc2F)nc(C)n1. The van der Waals surface area contributed by atoms with E-state index < -0.39 is 23.2 Å². The number of nitrogens with one attached hydrogen (secondary N) is 1. The zero-order chi connectivity index (χ0) is 17.0. The molecule has 1 aromatic carbocycles. The molecule has 0 saturated heterocycles. The molecule has 2 aromatic rings. The van der Waals surface area contributed by atoms with Crippen molar-refractivity contribution in [3.63, 3.8) is 0 Å². The molecule has 7 heteroatoms. The van der Waals surface area contributed by atoms with Crippen LogP contribution in [0.4, 0.5) is 20.3 Å². The Balaban J connectivity index is 2.32. The fourth-order valence-electron chi connectivity index (χ4n) is 2.17. The van der Waals surface area contributed by atoms with Gasteiger partial charge in [-0.05, 0) is 32.9 Å². The summed E-state index contributed by atoms with van der Waals surface area (Å²) in [4.78, 5) is 22.6. The Labute approximate surface area is 133 Å². The van der Waals surface area contributed by atoms with Crippen molar-refractivity contribution in [1.82, 2.24) is 9.97 Å². The van der Waals surface area contributed by atoms with Gasteiger partial charge in [-0.15, -0.1) is 0 Å². The molecule has 23 heavy (non-hydrogen) atoms. The number of aromatic nitrogens is 2. The summed E-state index contributed by atoms with van der Waals surface area (Å²) in [5.74, 6) is -1.36. The second-order valence-corrected chi connectivity index (χ2v) is 4.88. The minimum Gasteiger partial charge on any atom is -0.357 e. The van der Waals surface area contributed by atoms with Crippen molar-refractivity contribution < 1.29 is 13.6 Å². The molecule has 0 unspecified atom stereocenters. The monoisotopic (exact) mass is 320 g/mol. The fourth-order valence-corrected chi connectivity index (χ4v) is 2.17. The van der Waals surface area contributed by atoms with E-state index in [1.807, 2.05) is 18.7 Å². The summed E-state index contributed by atoms with van der Waals surface area (Å²) < 4.78 is 27.3. The van der Waals surface area contributed by atoms with Crippen LogP contribution in [0.1, 0.15) is 30.2 Å². The molecule has 1 heterocycles. The highest BCUT2D eigenvalue weighted by Crippen LogP contribution is 2.19. The van der Waals surface area contributed by atoms with Gasteiger partial charge in [-0.1, -0.05) is 6.07 Å². The highest BCUT2D eigenvalue weighted by Gasteiger charge is 2.17. The van der Waals surface area contributed by atoms with Crippen LogP contribution in [0.2, 0.25) is 0 Å². The molecule has 122 valence electrons. The maximum Gasteiger partial charge on any atom is 0.274 e. The van der Waals surface area contributed by atoms with E-state index in [1.165, 1.54) is 12.1 Å². The first-order valence-corrected chi connectivity index (χ1v) is 7.32. The number of hydrogen-bond donors (Lipinski definition) is 1.